The van der Waals surface area contributed by atoms with Gasteiger partial charge in [-0.15, -0.1) is 0 Å². The molecule has 114 valence electrons. The van der Waals surface area contributed by atoms with Crippen LogP contribution >= 0.6 is 0 Å². The Labute approximate surface area is 124 Å². The molecule has 0 aromatic carbocycles. The Morgan fingerprint density at radius 2 is 2.00 bits per heavy atom. The summed E-state index contributed by atoms with van der Waals surface area (Å²) >= 11 is 0. The highest BCUT2D eigenvalue weighted by atomic mass is 16.6. The average Bonchev–Trinajstić information content (AvgIpc) is 2.44. The number of hydrogen-bond donors (Lipinski definition) is 1. The SMILES string of the molecule is O=C(OC1CCC1)N1CCC(O)(Cc2ccncc2)CC1. The Morgan fingerprint density at radius 3 is 2.57 bits per heavy atom. The highest BCUT2D eigenvalue weighted by molar-refractivity contribution is 5.68. The third-order valence-electron chi connectivity index (χ3n) is 4.55. The molecule has 1 aliphatic heterocycles. The lowest BCUT2D eigenvalue weighted by atomic mass is 9.86. The predicted octanol–water partition coefficient (Wildman–Crippen LogP) is 2.14. The van der Waals surface area contributed by atoms with E-state index < -0.39 is 5.60 Å². The van der Waals surface area contributed by atoms with Crippen LogP contribution in [0.5, 0.6) is 0 Å². The Bertz CT molecular complexity index is 480. The second-order valence-electron chi connectivity index (χ2n) is 6.18. The quantitative estimate of drug-likeness (QED) is 0.926. The molecule has 3 rings (SSSR count). The van der Waals surface area contributed by atoms with E-state index in [1.54, 1.807) is 17.3 Å². The van der Waals surface area contributed by atoms with Gasteiger partial charge in [0.1, 0.15) is 6.10 Å². The van der Waals surface area contributed by atoms with Crippen molar-refractivity contribution in [2.45, 2.75) is 50.2 Å². The number of piperidine rings is 1. The van der Waals surface area contributed by atoms with Gasteiger partial charge in [0.05, 0.1) is 5.60 Å². The van der Waals surface area contributed by atoms with Crippen LogP contribution in [0, 0.1) is 0 Å². The number of pyridine rings is 1. The molecule has 1 saturated carbocycles. The Hall–Kier alpha value is -1.62. The molecule has 1 aromatic rings. The molecule has 0 unspecified atom stereocenters. The van der Waals surface area contributed by atoms with E-state index in [2.05, 4.69) is 4.98 Å². The minimum absolute atomic E-state index is 0.120. The van der Waals surface area contributed by atoms with Crippen molar-refractivity contribution >= 4 is 6.09 Å². The molecule has 0 atom stereocenters. The molecule has 2 aliphatic rings. The van der Waals surface area contributed by atoms with Crippen molar-refractivity contribution in [2.75, 3.05) is 13.1 Å². The zero-order valence-electron chi connectivity index (χ0n) is 12.2. The molecule has 2 heterocycles. The third kappa shape index (κ3) is 3.53. The van der Waals surface area contributed by atoms with Crippen LogP contribution in [-0.4, -0.2) is 45.9 Å². The highest BCUT2D eigenvalue weighted by Gasteiger charge is 2.35. The monoisotopic (exact) mass is 290 g/mol. The van der Waals surface area contributed by atoms with Crippen LogP contribution in [0.2, 0.25) is 0 Å². The topological polar surface area (TPSA) is 62.7 Å². The summed E-state index contributed by atoms with van der Waals surface area (Å²) in [6.45, 7) is 1.13. The molecule has 1 saturated heterocycles. The summed E-state index contributed by atoms with van der Waals surface area (Å²) in [4.78, 5) is 17.7. The summed E-state index contributed by atoms with van der Waals surface area (Å²) in [6, 6.07) is 3.85. The number of carbonyl (C=O) groups is 1. The van der Waals surface area contributed by atoms with Gasteiger partial charge >= 0.3 is 6.09 Å². The first kappa shape index (κ1) is 14.3. The van der Waals surface area contributed by atoms with E-state index in [9.17, 15) is 9.90 Å². The number of likely N-dealkylation sites (tertiary alicyclic amines) is 1. The van der Waals surface area contributed by atoms with E-state index in [1.165, 1.54) is 0 Å². The van der Waals surface area contributed by atoms with Gasteiger partial charge in [0, 0.05) is 31.9 Å². The van der Waals surface area contributed by atoms with Crippen molar-refractivity contribution in [3.8, 4) is 0 Å². The number of aromatic nitrogens is 1. The second-order valence-corrected chi connectivity index (χ2v) is 6.18. The van der Waals surface area contributed by atoms with E-state index in [0.29, 0.717) is 32.4 Å². The van der Waals surface area contributed by atoms with Gasteiger partial charge in [-0.05, 0) is 49.8 Å². The summed E-state index contributed by atoms with van der Waals surface area (Å²) in [7, 11) is 0. The van der Waals surface area contributed by atoms with E-state index >= 15 is 0 Å². The zero-order chi connectivity index (χ0) is 14.7. The molecule has 1 aromatic heterocycles. The van der Waals surface area contributed by atoms with E-state index in [0.717, 1.165) is 24.8 Å². The largest absolute Gasteiger partial charge is 0.446 e. The van der Waals surface area contributed by atoms with Gasteiger partial charge in [-0.2, -0.15) is 0 Å². The molecule has 0 radical (unpaired) electrons. The fraction of sp³-hybridized carbons (Fsp3) is 0.625. The number of amides is 1. The second kappa shape index (κ2) is 6.02. The van der Waals surface area contributed by atoms with Crippen molar-refractivity contribution in [1.82, 2.24) is 9.88 Å². The van der Waals surface area contributed by atoms with Crippen molar-refractivity contribution < 1.29 is 14.6 Å². The first-order chi connectivity index (χ1) is 10.1. The number of ether oxygens (including phenoxy) is 1. The van der Waals surface area contributed by atoms with Gasteiger partial charge in [-0.25, -0.2) is 4.79 Å². The molecular formula is C16H22N2O3. The maximum Gasteiger partial charge on any atom is 0.410 e. The van der Waals surface area contributed by atoms with Crippen molar-refractivity contribution in [3.05, 3.63) is 30.1 Å². The fourth-order valence-corrected chi connectivity index (χ4v) is 2.87. The molecule has 5 nitrogen and oxygen atoms in total. The van der Waals surface area contributed by atoms with Gasteiger partial charge in [0.25, 0.3) is 0 Å². The lowest BCUT2D eigenvalue weighted by Gasteiger charge is -2.38. The van der Waals surface area contributed by atoms with Gasteiger partial charge in [-0.3, -0.25) is 4.98 Å². The maximum atomic E-state index is 12.0. The van der Waals surface area contributed by atoms with Crippen LogP contribution in [0.15, 0.2) is 24.5 Å². The number of carbonyl (C=O) groups excluding carboxylic acids is 1. The molecule has 0 spiro atoms. The van der Waals surface area contributed by atoms with Crippen LogP contribution in [0.25, 0.3) is 0 Å². The molecule has 1 N–H and O–H groups in total. The third-order valence-corrected chi connectivity index (χ3v) is 4.55. The molecule has 1 aliphatic carbocycles. The number of nitrogens with zero attached hydrogens (tertiary/aromatic N) is 2. The molecule has 21 heavy (non-hydrogen) atoms. The number of hydrogen-bond acceptors (Lipinski definition) is 4. The van der Waals surface area contributed by atoms with Crippen LogP contribution in [0.1, 0.15) is 37.7 Å². The van der Waals surface area contributed by atoms with E-state index in [1.807, 2.05) is 12.1 Å². The molecule has 0 bridgehead atoms. The van der Waals surface area contributed by atoms with Crippen LogP contribution in [0.4, 0.5) is 4.79 Å². The fourth-order valence-electron chi connectivity index (χ4n) is 2.87. The smallest absolute Gasteiger partial charge is 0.410 e. The van der Waals surface area contributed by atoms with Crippen molar-refractivity contribution in [1.29, 1.82) is 0 Å². The molecule has 2 fully saturated rings. The predicted molar refractivity (Wildman–Crippen MR) is 77.8 cm³/mol. The lowest BCUT2D eigenvalue weighted by molar-refractivity contribution is -0.0302. The summed E-state index contributed by atoms with van der Waals surface area (Å²) < 4.78 is 5.41. The summed E-state index contributed by atoms with van der Waals surface area (Å²) in [6.07, 6.45) is 8.32. The molecule has 1 amide bonds. The minimum atomic E-state index is -0.728. The summed E-state index contributed by atoms with van der Waals surface area (Å²) in [5.74, 6) is 0. The number of rotatable bonds is 3. The van der Waals surface area contributed by atoms with Gasteiger partial charge in [-0.1, -0.05) is 0 Å². The number of aliphatic hydroxyl groups is 1. The van der Waals surface area contributed by atoms with Crippen LogP contribution in [0.3, 0.4) is 0 Å². The zero-order valence-corrected chi connectivity index (χ0v) is 12.2. The van der Waals surface area contributed by atoms with E-state index in [4.69, 9.17) is 4.74 Å². The molecular weight excluding hydrogens is 268 g/mol. The lowest BCUT2D eigenvalue weighted by Crippen LogP contribution is -2.48. The first-order valence-corrected chi connectivity index (χ1v) is 7.71. The maximum absolute atomic E-state index is 12.0. The van der Waals surface area contributed by atoms with Crippen LogP contribution in [-0.2, 0) is 11.2 Å². The Morgan fingerprint density at radius 1 is 1.33 bits per heavy atom. The van der Waals surface area contributed by atoms with Gasteiger partial charge in [0.15, 0.2) is 0 Å². The molecule has 5 heteroatoms. The Kier molecular flexibility index (Phi) is 4.10. The van der Waals surface area contributed by atoms with Crippen molar-refractivity contribution in [2.24, 2.45) is 0 Å². The minimum Gasteiger partial charge on any atom is -0.446 e. The standard InChI is InChI=1S/C16H22N2O3/c19-15(21-14-2-1-3-14)18-10-6-16(20,7-11-18)12-13-4-8-17-9-5-13/h4-5,8-9,14,20H,1-3,6-7,10-12H2. The van der Waals surface area contributed by atoms with Crippen LogP contribution < -0.4 is 0 Å². The summed E-state index contributed by atoms with van der Waals surface area (Å²) in [5, 5.41) is 10.7. The summed E-state index contributed by atoms with van der Waals surface area (Å²) in [5.41, 5.74) is 0.354. The Balaban J connectivity index is 1.50. The van der Waals surface area contributed by atoms with Gasteiger partial charge < -0.3 is 14.7 Å². The first-order valence-electron chi connectivity index (χ1n) is 7.71. The normalized spacial score (nSPS) is 21.7. The van der Waals surface area contributed by atoms with Gasteiger partial charge in [0.2, 0.25) is 0 Å². The average molecular weight is 290 g/mol. The van der Waals surface area contributed by atoms with E-state index in [-0.39, 0.29) is 12.2 Å². The van der Waals surface area contributed by atoms with Crippen molar-refractivity contribution in [3.63, 3.8) is 0 Å². The highest BCUT2D eigenvalue weighted by Crippen LogP contribution is 2.28.